The number of methoxy groups -OCH3 is 1. The van der Waals surface area contributed by atoms with Gasteiger partial charge in [0.05, 0.1) is 19.1 Å². The lowest BCUT2D eigenvalue weighted by Crippen LogP contribution is -2.66. The number of β-lactam (4-membered cyclic amide) rings is 1. The molecule has 0 saturated carbocycles. The first-order valence-corrected chi connectivity index (χ1v) is 9.48. The Morgan fingerprint density at radius 3 is 2.26 bits per heavy atom. The van der Waals surface area contributed by atoms with Gasteiger partial charge in [-0.2, -0.15) is 0 Å². The lowest BCUT2D eigenvalue weighted by molar-refractivity contribution is -0.159. The highest BCUT2D eigenvalue weighted by Crippen LogP contribution is 2.39. The summed E-state index contributed by atoms with van der Waals surface area (Å²) in [6, 6.07) is -0.572. The van der Waals surface area contributed by atoms with E-state index in [1.807, 2.05) is 6.92 Å². The van der Waals surface area contributed by atoms with Gasteiger partial charge in [-0.1, -0.05) is 20.8 Å². The first-order chi connectivity index (χ1) is 8.51. The number of ether oxygens (including phenoxy) is 1. The van der Waals surface area contributed by atoms with E-state index in [2.05, 4.69) is 43.9 Å². The molecule has 1 rings (SSSR count). The summed E-state index contributed by atoms with van der Waals surface area (Å²) in [4.78, 5) is 23.2. The largest absolute Gasteiger partial charge is 0.467 e. The van der Waals surface area contributed by atoms with Crippen LogP contribution in [0, 0.1) is 5.92 Å². The van der Waals surface area contributed by atoms with Gasteiger partial charge >= 0.3 is 5.97 Å². The monoisotopic (exact) mass is 287 g/mol. The minimum absolute atomic E-state index is 0.0717. The van der Waals surface area contributed by atoms with Crippen molar-refractivity contribution in [3.05, 3.63) is 0 Å². The predicted molar refractivity (Wildman–Crippen MR) is 75.2 cm³/mol. The predicted octanol–water partition coefficient (Wildman–Crippen LogP) is 1.68. The van der Waals surface area contributed by atoms with Crippen LogP contribution in [0.1, 0.15) is 27.7 Å². The Balaban J connectivity index is 2.75. The van der Waals surface area contributed by atoms with E-state index >= 15 is 0 Å². The van der Waals surface area contributed by atoms with E-state index in [9.17, 15) is 9.59 Å². The first kappa shape index (κ1) is 16.2. The number of carbonyl (C=O) groups is 2. The molecule has 19 heavy (non-hydrogen) atoms. The van der Waals surface area contributed by atoms with Gasteiger partial charge in [0.25, 0.3) is 0 Å². The van der Waals surface area contributed by atoms with Crippen molar-refractivity contribution in [2.24, 2.45) is 5.92 Å². The summed E-state index contributed by atoms with van der Waals surface area (Å²) < 4.78 is 10.9. The highest BCUT2D eigenvalue weighted by Gasteiger charge is 2.50. The topological polar surface area (TPSA) is 64.6 Å². The molecule has 0 aromatic carbocycles. The maximum atomic E-state index is 11.7. The molecule has 0 spiro atoms. The molecule has 0 aromatic rings. The van der Waals surface area contributed by atoms with E-state index in [0.29, 0.717) is 0 Å². The summed E-state index contributed by atoms with van der Waals surface area (Å²) >= 11 is 0. The number of nitrogens with one attached hydrogen (secondary N) is 1. The molecule has 0 bridgehead atoms. The molecule has 1 saturated heterocycles. The third-order valence-electron chi connectivity index (χ3n) is 4.21. The zero-order valence-electron chi connectivity index (χ0n) is 12.9. The molecular weight excluding hydrogens is 262 g/mol. The molecule has 5 nitrogen and oxygen atoms in total. The summed E-state index contributed by atoms with van der Waals surface area (Å²) in [6.07, 6.45) is -0.279. The van der Waals surface area contributed by atoms with E-state index in [-0.39, 0.29) is 17.0 Å². The van der Waals surface area contributed by atoms with Crippen molar-refractivity contribution in [2.45, 2.75) is 58.0 Å². The van der Waals surface area contributed by atoms with Gasteiger partial charge in [0, 0.05) is 0 Å². The standard InChI is InChI=1S/C13H25NO4Si/c1-8(18-19(6,7)13(2,3)4)9-10(12(16)17-5)14-11(9)15/h8-10H,1-7H3,(H,14,15)/t8-,9-,10+/m1/s1. The SMILES string of the molecule is COC(=O)[C@H]1NC(=O)[C@@H]1[C@@H](C)O[Si](C)(C)C(C)(C)C. The van der Waals surface area contributed by atoms with Crippen molar-refractivity contribution in [2.75, 3.05) is 7.11 Å². The number of esters is 1. The second-order valence-electron chi connectivity index (χ2n) is 6.62. The van der Waals surface area contributed by atoms with E-state index in [4.69, 9.17) is 4.43 Å². The maximum Gasteiger partial charge on any atom is 0.329 e. The number of rotatable bonds is 4. The molecule has 1 N–H and O–H groups in total. The Morgan fingerprint density at radius 2 is 1.89 bits per heavy atom. The maximum absolute atomic E-state index is 11.7. The second kappa shape index (κ2) is 5.24. The Hall–Kier alpha value is -0.883. The fourth-order valence-corrected chi connectivity index (χ4v) is 3.36. The van der Waals surface area contributed by atoms with Crippen LogP contribution < -0.4 is 5.32 Å². The van der Waals surface area contributed by atoms with Crippen molar-refractivity contribution in [1.29, 1.82) is 0 Å². The Bertz CT molecular complexity index is 375. The molecule has 0 aliphatic carbocycles. The van der Waals surface area contributed by atoms with Crippen LogP contribution in [-0.4, -0.2) is 39.4 Å². The molecule has 1 aliphatic rings. The van der Waals surface area contributed by atoms with E-state index < -0.39 is 26.2 Å². The van der Waals surface area contributed by atoms with Gasteiger partial charge in [0.15, 0.2) is 8.32 Å². The molecular formula is C13H25NO4Si. The van der Waals surface area contributed by atoms with Crippen LogP contribution in [0.25, 0.3) is 0 Å². The van der Waals surface area contributed by atoms with Crippen LogP contribution in [-0.2, 0) is 18.8 Å². The molecule has 0 unspecified atom stereocenters. The van der Waals surface area contributed by atoms with Gasteiger partial charge in [-0.3, -0.25) is 4.79 Å². The Labute approximate surface area is 116 Å². The van der Waals surface area contributed by atoms with Crippen molar-refractivity contribution in [1.82, 2.24) is 5.32 Å². The molecule has 0 radical (unpaired) electrons. The number of amides is 1. The summed E-state index contributed by atoms with van der Waals surface area (Å²) in [7, 11) is -0.627. The average molecular weight is 287 g/mol. The normalized spacial score (nSPS) is 25.3. The Kier molecular flexibility index (Phi) is 4.46. The van der Waals surface area contributed by atoms with Crippen LogP contribution in [0.2, 0.25) is 18.1 Å². The van der Waals surface area contributed by atoms with E-state index in [1.54, 1.807) is 0 Å². The molecule has 110 valence electrons. The molecule has 1 aliphatic heterocycles. The highest BCUT2D eigenvalue weighted by molar-refractivity contribution is 6.74. The van der Waals surface area contributed by atoms with E-state index in [1.165, 1.54) is 7.11 Å². The van der Waals surface area contributed by atoms with Gasteiger partial charge in [-0.05, 0) is 25.1 Å². The zero-order valence-corrected chi connectivity index (χ0v) is 13.9. The Morgan fingerprint density at radius 1 is 1.37 bits per heavy atom. The highest BCUT2D eigenvalue weighted by atomic mass is 28.4. The lowest BCUT2D eigenvalue weighted by atomic mass is 9.86. The van der Waals surface area contributed by atoms with Gasteiger partial charge in [-0.25, -0.2) is 4.79 Å². The van der Waals surface area contributed by atoms with Gasteiger partial charge in [-0.15, -0.1) is 0 Å². The number of carbonyl (C=O) groups excluding carboxylic acids is 2. The number of hydrogen-bond acceptors (Lipinski definition) is 4. The van der Waals surface area contributed by atoms with Gasteiger partial charge in [0.2, 0.25) is 5.91 Å². The van der Waals surface area contributed by atoms with Crippen LogP contribution >= 0.6 is 0 Å². The van der Waals surface area contributed by atoms with Crippen LogP contribution in [0.15, 0.2) is 0 Å². The summed E-state index contributed by atoms with van der Waals surface area (Å²) in [5.74, 6) is -0.988. The van der Waals surface area contributed by atoms with Crippen molar-refractivity contribution in [3.8, 4) is 0 Å². The van der Waals surface area contributed by atoms with Crippen LogP contribution in [0.5, 0.6) is 0 Å². The van der Waals surface area contributed by atoms with Crippen molar-refractivity contribution >= 4 is 20.2 Å². The molecule has 3 atom stereocenters. The number of hydrogen-bond donors (Lipinski definition) is 1. The summed E-state index contributed by atoms with van der Waals surface area (Å²) in [6.45, 7) is 12.6. The third kappa shape index (κ3) is 3.17. The average Bonchev–Trinajstić information content (AvgIpc) is 2.22. The fraction of sp³-hybridized carbons (Fsp3) is 0.846. The van der Waals surface area contributed by atoms with Crippen LogP contribution in [0.4, 0.5) is 0 Å². The van der Waals surface area contributed by atoms with Gasteiger partial charge < -0.3 is 14.5 Å². The molecule has 1 amide bonds. The smallest absolute Gasteiger partial charge is 0.329 e. The quantitative estimate of drug-likeness (QED) is 0.485. The van der Waals surface area contributed by atoms with Crippen molar-refractivity contribution in [3.63, 3.8) is 0 Å². The minimum Gasteiger partial charge on any atom is -0.467 e. The first-order valence-electron chi connectivity index (χ1n) is 6.57. The summed E-state index contributed by atoms with van der Waals surface area (Å²) in [5.41, 5.74) is 0. The fourth-order valence-electron chi connectivity index (χ4n) is 1.93. The van der Waals surface area contributed by atoms with Crippen molar-refractivity contribution < 1.29 is 18.8 Å². The van der Waals surface area contributed by atoms with E-state index in [0.717, 1.165) is 0 Å². The minimum atomic E-state index is -1.95. The van der Waals surface area contributed by atoms with Gasteiger partial charge in [0.1, 0.15) is 6.04 Å². The lowest BCUT2D eigenvalue weighted by Gasteiger charge is -2.44. The molecule has 0 aromatic heterocycles. The second-order valence-corrected chi connectivity index (χ2v) is 11.4. The van der Waals surface area contributed by atoms with Crippen LogP contribution in [0.3, 0.4) is 0 Å². The molecule has 1 heterocycles. The third-order valence-corrected chi connectivity index (χ3v) is 8.78. The zero-order chi connectivity index (χ0) is 15.0. The summed E-state index contributed by atoms with van der Waals surface area (Å²) in [5, 5.41) is 2.64. The molecule has 6 heteroatoms. The molecule has 1 fully saturated rings.